The molecule has 1 amide bonds. The Morgan fingerprint density at radius 3 is 2.96 bits per heavy atom. The summed E-state index contributed by atoms with van der Waals surface area (Å²) in [5, 5.41) is 14.9. The predicted molar refractivity (Wildman–Crippen MR) is 82.1 cm³/mol. The summed E-state index contributed by atoms with van der Waals surface area (Å²) in [5.41, 5.74) is 2.63. The lowest BCUT2D eigenvalue weighted by Gasteiger charge is -2.23. The number of H-pyrrole nitrogens is 1. The van der Waals surface area contributed by atoms with E-state index >= 15 is 0 Å². The van der Waals surface area contributed by atoms with Gasteiger partial charge in [0.1, 0.15) is 4.90 Å². The first-order valence-corrected chi connectivity index (χ1v) is 8.73. The van der Waals surface area contributed by atoms with Gasteiger partial charge in [-0.25, -0.2) is 13.6 Å². The quantitative estimate of drug-likeness (QED) is 0.754. The maximum absolute atomic E-state index is 12.5. The summed E-state index contributed by atoms with van der Waals surface area (Å²) >= 11 is 0. The fourth-order valence-corrected chi connectivity index (χ4v) is 3.22. The third-order valence-electron chi connectivity index (χ3n) is 3.98. The average Bonchev–Trinajstić information content (AvgIpc) is 2.96. The molecule has 2 aromatic rings. The lowest BCUT2D eigenvalue weighted by Crippen LogP contribution is -2.32. The number of carbonyl (C=O) groups is 1. The van der Waals surface area contributed by atoms with Gasteiger partial charge in [-0.2, -0.15) is 5.10 Å². The van der Waals surface area contributed by atoms with Gasteiger partial charge in [0, 0.05) is 6.20 Å². The minimum absolute atomic E-state index is 0.175. The summed E-state index contributed by atoms with van der Waals surface area (Å²) in [6, 6.07) is 1.08. The van der Waals surface area contributed by atoms with E-state index in [1.165, 1.54) is 6.07 Å². The second-order valence-electron chi connectivity index (χ2n) is 5.58. The number of pyridine rings is 1. The van der Waals surface area contributed by atoms with Crippen molar-refractivity contribution in [3.05, 3.63) is 41.0 Å². The molecule has 0 spiro atoms. The van der Waals surface area contributed by atoms with E-state index in [0.717, 1.165) is 36.7 Å². The predicted octanol–water partition coefficient (Wildman–Crippen LogP) is 0.568. The van der Waals surface area contributed by atoms with Gasteiger partial charge < -0.3 is 5.32 Å². The highest BCUT2D eigenvalue weighted by molar-refractivity contribution is 7.89. The molecule has 0 saturated carbocycles. The summed E-state index contributed by atoms with van der Waals surface area (Å²) in [4.78, 5) is 16.3. The highest BCUT2D eigenvalue weighted by atomic mass is 32.2. The topological polar surface area (TPSA) is 131 Å². The highest BCUT2D eigenvalue weighted by Gasteiger charge is 2.25. The summed E-state index contributed by atoms with van der Waals surface area (Å²) in [6.45, 7) is 1.64. The van der Waals surface area contributed by atoms with E-state index in [1.54, 1.807) is 13.1 Å². The molecule has 1 aliphatic rings. The van der Waals surface area contributed by atoms with E-state index in [2.05, 4.69) is 20.5 Å². The largest absolute Gasteiger partial charge is 0.344 e. The number of nitrogens with zero attached hydrogens (tertiary/aromatic N) is 2. The monoisotopic (exact) mass is 335 g/mol. The van der Waals surface area contributed by atoms with Crippen LogP contribution in [0, 0.1) is 6.92 Å². The third kappa shape index (κ3) is 3.10. The smallest absolute Gasteiger partial charge is 0.253 e. The van der Waals surface area contributed by atoms with Crippen molar-refractivity contribution in [1.82, 2.24) is 20.5 Å². The number of hydrogen-bond acceptors (Lipinski definition) is 5. The van der Waals surface area contributed by atoms with Crippen LogP contribution < -0.4 is 10.5 Å². The number of aromatic amines is 1. The first kappa shape index (κ1) is 15.6. The zero-order chi connectivity index (χ0) is 16.6. The van der Waals surface area contributed by atoms with Crippen LogP contribution in [0.1, 0.15) is 46.2 Å². The number of primary sulfonamides is 1. The molecule has 1 unspecified atom stereocenters. The Hall–Kier alpha value is -2.26. The molecule has 0 fully saturated rings. The molecular formula is C14H17N5O3S. The van der Waals surface area contributed by atoms with Crippen LogP contribution >= 0.6 is 0 Å². The van der Waals surface area contributed by atoms with Gasteiger partial charge in [-0.15, -0.1) is 0 Å². The summed E-state index contributed by atoms with van der Waals surface area (Å²) < 4.78 is 22.9. The molecule has 0 aliphatic heterocycles. The molecule has 2 heterocycles. The average molecular weight is 335 g/mol. The van der Waals surface area contributed by atoms with Crippen molar-refractivity contribution < 1.29 is 13.2 Å². The number of hydrogen-bond donors (Lipinski definition) is 3. The van der Waals surface area contributed by atoms with Crippen molar-refractivity contribution in [3.63, 3.8) is 0 Å². The molecule has 0 aromatic carbocycles. The van der Waals surface area contributed by atoms with Crippen LogP contribution in [-0.2, 0) is 16.4 Å². The summed E-state index contributed by atoms with van der Waals surface area (Å²) in [6.07, 6.45) is 5.59. The standard InChI is InChI=1S/C14H17N5O3S/c1-8-11(5-10(7-16-8)23(15,21)22)14(20)18-12-4-2-3-9-6-17-19-13(9)12/h5-7,12H,2-4H2,1H3,(H,17,19)(H,18,20)(H2,15,21,22). The van der Waals surface area contributed by atoms with Crippen molar-refractivity contribution >= 4 is 15.9 Å². The molecular weight excluding hydrogens is 318 g/mol. The van der Waals surface area contributed by atoms with Crippen molar-refractivity contribution in [3.8, 4) is 0 Å². The molecule has 122 valence electrons. The minimum atomic E-state index is -3.91. The Bertz CT molecular complexity index is 859. The Morgan fingerprint density at radius 2 is 2.22 bits per heavy atom. The molecule has 0 radical (unpaired) electrons. The van der Waals surface area contributed by atoms with E-state index in [0.29, 0.717) is 5.69 Å². The zero-order valence-corrected chi connectivity index (χ0v) is 13.4. The number of aromatic nitrogens is 3. The molecule has 3 rings (SSSR count). The summed E-state index contributed by atoms with van der Waals surface area (Å²) in [7, 11) is -3.91. The second-order valence-corrected chi connectivity index (χ2v) is 7.14. The number of fused-ring (bicyclic) bond motifs is 1. The van der Waals surface area contributed by atoms with E-state index in [9.17, 15) is 13.2 Å². The van der Waals surface area contributed by atoms with Gasteiger partial charge in [0.2, 0.25) is 10.0 Å². The highest BCUT2D eigenvalue weighted by Crippen LogP contribution is 2.28. The van der Waals surface area contributed by atoms with Crippen LogP contribution in [0.2, 0.25) is 0 Å². The van der Waals surface area contributed by atoms with Crippen LogP contribution in [0.5, 0.6) is 0 Å². The Labute approximate surface area is 133 Å². The van der Waals surface area contributed by atoms with Gasteiger partial charge in [0.25, 0.3) is 5.91 Å². The molecule has 23 heavy (non-hydrogen) atoms. The normalized spacial score (nSPS) is 17.6. The van der Waals surface area contributed by atoms with E-state index in [-0.39, 0.29) is 22.4 Å². The number of sulfonamides is 1. The molecule has 0 bridgehead atoms. The van der Waals surface area contributed by atoms with Gasteiger partial charge in [-0.3, -0.25) is 14.9 Å². The van der Waals surface area contributed by atoms with Crippen molar-refractivity contribution in [1.29, 1.82) is 0 Å². The maximum Gasteiger partial charge on any atom is 0.253 e. The fraction of sp³-hybridized carbons (Fsp3) is 0.357. The van der Waals surface area contributed by atoms with E-state index < -0.39 is 10.0 Å². The molecule has 8 nitrogen and oxygen atoms in total. The lowest BCUT2D eigenvalue weighted by atomic mass is 9.93. The SMILES string of the molecule is Cc1ncc(S(N)(=O)=O)cc1C(=O)NC1CCCc2cn[nH]c21. The second kappa shape index (κ2) is 5.74. The van der Waals surface area contributed by atoms with Crippen LogP contribution in [-0.4, -0.2) is 29.5 Å². The van der Waals surface area contributed by atoms with Crippen LogP contribution in [0.4, 0.5) is 0 Å². The van der Waals surface area contributed by atoms with Gasteiger partial charge >= 0.3 is 0 Å². The van der Waals surface area contributed by atoms with Crippen LogP contribution in [0.25, 0.3) is 0 Å². The van der Waals surface area contributed by atoms with E-state index in [4.69, 9.17) is 5.14 Å². The number of aryl methyl sites for hydroxylation is 2. The zero-order valence-electron chi connectivity index (χ0n) is 12.5. The molecule has 4 N–H and O–H groups in total. The van der Waals surface area contributed by atoms with Crippen molar-refractivity contribution in [2.24, 2.45) is 5.14 Å². The van der Waals surface area contributed by atoms with Gasteiger partial charge in [0.05, 0.1) is 29.2 Å². The number of carbonyl (C=O) groups excluding carboxylic acids is 1. The Kier molecular flexibility index (Phi) is 3.90. The summed E-state index contributed by atoms with van der Waals surface area (Å²) in [5.74, 6) is -0.382. The first-order valence-electron chi connectivity index (χ1n) is 7.18. The molecule has 9 heteroatoms. The Morgan fingerprint density at radius 1 is 1.43 bits per heavy atom. The third-order valence-corrected chi connectivity index (χ3v) is 4.86. The molecule has 1 atom stereocenters. The van der Waals surface area contributed by atoms with Crippen molar-refractivity contribution in [2.75, 3.05) is 0 Å². The Balaban J connectivity index is 1.88. The number of nitrogens with two attached hydrogens (primary N) is 1. The van der Waals surface area contributed by atoms with Crippen molar-refractivity contribution in [2.45, 2.75) is 37.1 Å². The van der Waals surface area contributed by atoms with Gasteiger partial charge in [-0.1, -0.05) is 0 Å². The number of nitrogens with one attached hydrogen (secondary N) is 2. The van der Waals surface area contributed by atoms with E-state index in [1.807, 2.05) is 0 Å². The number of amides is 1. The fourth-order valence-electron chi connectivity index (χ4n) is 2.74. The minimum Gasteiger partial charge on any atom is -0.344 e. The lowest BCUT2D eigenvalue weighted by molar-refractivity contribution is 0.0930. The van der Waals surface area contributed by atoms with Crippen LogP contribution in [0.15, 0.2) is 23.4 Å². The molecule has 0 saturated heterocycles. The van der Waals surface area contributed by atoms with Gasteiger partial charge in [0.15, 0.2) is 0 Å². The van der Waals surface area contributed by atoms with Crippen LogP contribution in [0.3, 0.4) is 0 Å². The van der Waals surface area contributed by atoms with Gasteiger partial charge in [-0.05, 0) is 37.8 Å². The first-order chi connectivity index (χ1) is 10.9. The molecule has 1 aliphatic carbocycles. The maximum atomic E-state index is 12.5. The number of rotatable bonds is 3. The molecule has 2 aromatic heterocycles.